The summed E-state index contributed by atoms with van der Waals surface area (Å²) in [4.78, 5) is 29.4. The second kappa shape index (κ2) is 3.77. The lowest BCUT2D eigenvalue weighted by atomic mass is 10.1. The van der Waals surface area contributed by atoms with E-state index in [0.29, 0.717) is 16.6 Å². The van der Waals surface area contributed by atoms with E-state index in [1.165, 1.54) is 20.1 Å². The molecule has 2 aromatic heterocycles. The molecular weight excluding hydrogens is 208 g/mol. The highest BCUT2D eigenvalue weighted by Crippen LogP contribution is 2.17. The van der Waals surface area contributed by atoms with E-state index >= 15 is 0 Å². The summed E-state index contributed by atoms with van der Waals surface area (Å²) in [5.41, 5.74) is 1.29. The molecule has 0 aliphatic carbocycles. The molecule has 2 heterocycles. The molecule has 0 aliphatic rings. The Kier molecular flexibility index (Phi) is 2.44. The van der Waals surface area contributed by atoms with Gasteiger partial charge < -0.3 is 9.72 Å². The van der Waals surface area contributed by atoms with Crippen molar-refractivity contribution in [3.05, 3.63) is 29.6 Å². The number of ether oxygens (including phenoxy) is 1. The van der Waals surface area contributed by atoms with Crippen molar-refractivity contribution in [1.29, 1.82) is 0 Å². The molecule has 5 nitrogen and oxygen atoms in total. The van der Waals surface area contributed by atoms with Crippen LogP contribution in [0.25, 0.3) is 11.0 Å². The van der Waals surface area contributed by atoms with Gasteiger partial charge in [0.2, 0.25) is 0 Å². The number of carbonyl (C=O) groups is 2. The number of hydrogen-bond acceptors (Lipinski definition) is 4. The predicted molar refractivity (Wildman–Crippen MR) is 57.4 cm³/mol. The summed E-state index contributed by atoms with van der Waals surface area (Å²) in [5, 5.41) is 0.708. The third-order valence-electron chi connectivity index (χ3n) is 2.31. The Morgan fingerprint density at radius 3 is 2.75 bits per heavy atom. The summed E-state index contributed by atoms with van der Waals surface area (Å²) in [6.07, 6.45) is 1.58. The average Bonchev–Trinajstić information content (AvgIpc) is 2.70. The van der Waals surface area contributed by atoms with Crippen molar-refractivity contribution in [3.8, 4) is 0 Å². The molecule has 0 aliphatic heterocycles. The molecule has 2 aromatic rings. The van der Waals surface area contributed by atoms with Crippen molar-refractivity contribution in [2.75, 3.05) is 7.11 Å². The van der Waals surface area contributed by atoms with Gasteiger partial charge in [0.05, 0.1) is 7.11 Å². The van der Waals surface area contributed by atoms with Crippen molar-refractivity contribution < 1.29 is 14.3 Å². The second-order valence-corrected chi connectivity index (χ2v) is 3.34. The highest BCUT2D eigenvalue weighted by molar-refractivity contribution is 6.06. The van der Waals surface area contributed by atoms with E-state index in [1.807, 2.05) is 0 Å². The normalized spacial score (nSPS) is 10.4. The van der Waals surface area contributed by atoms with Gasteiger partial charge in [-0.15, -0.1) is 0 Å². The zero-order chi connectivity index (χ0) is 11.7. The van der Waals surface area contributed by atoms with Crippen LogP contribution in [0, 0.1) is 0 Å². The number of nitrogens with one attached hydrogen (secondary N) is 1. The minimum atomic E-state index is -0.499. The smallest absolute Gasteiger partial charge is 0.356 e. The van der Waals surface area contributed by atoms with Crippen LogP contribution in [0.4, 0.5) is 0 Å². The Balaban J connectivity index is 2.57. The van der Waals surface area contributed by atoms with Crippen LogP contribution in [0.3, 0.4) is 0 Å². The van der Waals surface area contributed by atoms with Crippen molar-refractivity contribution >= 4 is 22.8 Å². The van der Waals surface area contributed by atoms with Gasteiger partial charge in [-0.05, 0) is 19.1 Å². The van der Waals surface area contributed by atoms with Gasteiger partial charge in [-0.2, -0.15) is 0 Å². The molecule has 0 atom stereocenters. The van der Waals surface area contributed by atoms with Crippen molar-refractivity contribution in [3.63, 3.8) is 0 Å². The number of aromatic nitrogens is 2. The summed E-state index contributed by atoms with van der Waals surface area (Å²) in [7, 11) is 1.30. The molecular formula is C11H10N2O3. The first-order valence-electron chi connectivity index (χ1n) is 4.71. The third-order valence-corrected chi connectivity index (χ3v) is 2.31. The second-order valence-electron chi connectivity index (χ2n) is 3.34. The van der Waals surface area contributed by atoms with E-state index < -0.39 is 5.97 Å². The van der Waals surface area contributed by atoms with E-state index in [4.69, 9.17) is 0 Å². The van der Waals surface area contributed by atoms with E-state index in [1.54, 1.807) is 12.3 Å². The van der Waals surface area contributed by atoms with Crippen LogP contribution in [0.15, 0.2) is 18.3 Å². The fourth-order valence-electron chi connectivity index (χ4n) is 1.51. The molecule has 0 radical (unpaired) electrons. The van der Waals surface area contributed by atoms with Gasteiger partial charge in [-0.3, -0.25) is 4.79 Å². The van der Waals surface area contributed by atoms with Crippen molar-refractivity contribution in [1.82, 2.24) is 9.97 Å². The quantitative estimate of drug-likeness (QED) is 0.613. The molecule has 0 saturated heterocycles. The van der Waals surface area contributed by atoms with Crippen molar-refractivity contribution in [2.24, 2.45) is 0 Å². The number of nitrogens with zero attached hydrogens (tertiary/aromatic N) is 1. The number of esters is 1. The summed E-state index contributed by atoms with van der Waals surface area (Å²) < 4.78 is 4.56. The molecule has 5 heteroatoms. The van der Waals surface area contributed by atoms with Crippen LogP contribution in [-0.2, 0) is 4.74 Å². The average molecular weight is 218 g/mol. The van der Waals surface area contributed by atoms with Gasteiger partial charge in [-0.25, -0.2) is 9.78 Å². The SMILES string of the molecule is COC(=O)c1ccc2c(C(C)=O)c[nH]c2n1. The summed E-state index contributed by atoms with van der Waals surface area (Å²) in [6.45, 7) is 1.48. The van der Waals surface area contributed by atoms with E-state index in [2.05, 4.69) is 14.7 Å². The summed E-state index contributed by atoms with van der Waals surface area (Å²) >= 11 is 0. The fraction of sp³-hybridized carbons (Fsp3) is 0.182. The molecule has 2 rings (SSSR count). The minimum absolute atomic E-state index is 0.0427. The van der Waals surface area contributed by atoms with Crippen LogP contribution in [0.5, 0.6) is 0 Å². The third kappa shape index (κ3) is 1.56. The number of carbonyl (C=O) groups excluding carboxylic acids is 2. The van der Waals surface area contributed by atoms with Gasteiger partial charge >= 0.3 is 5.97 Å². The number of methoxy groups -OCH3 is 1. The van der Waals surface area contributed by atoms with Gasteiger partial charge in [0.25, 0.3) is 0 Å². The number of rotatable bonds is 2. The Morgan fingerprint density at radius 2 is 2.12 bits per heavy atom. The van der Waals surface area contributed by atoms with Crippen LogP contribution in [0.1, 0.15) is 27.8 Å². The predicted octanol–water partition coefficient (Wildman–Crippen LogP) is 1.55. The molecule has 0 spiro atoms. The molecule has 0 saturated carbocycles. The van der Waals surface area contributed by atoms with Gasteiger partial charge in [0.1, 0.15) is 5.65 Å². The van der Waals surface area contributed by atoms with E-state index in [0.717, 1.165) is 0 Å². The number of aromatic amines is 1. The van der Waals surface area contributed by atoms with Crippen LogP contribution in [-0.4, -0.2) is 28.8 Å². The lowest BCUT2D eigenvalue weighted by Gasteiger charge is -1.98. The highest BCUT2D eigenvalue weighted by atomic mass is 16.5. The highest BCUT2D eigenvalue weighted by Gasteiger charge is 2.12. The molecule has 1 N–H and O–H groups in total. The maximum absolute atomic E-state index is 11.3. The Hall–Kier alpha value is -2.17. The summed E-state index contributed by atoms with van der Waals surface area (Å²) in [6, 6.07) is 3.22. The molecule has 0 bridgehead atoms. The van der Waals surface area contributed by atoms with E-state index in [-0.39, 0.29) is 11.5 Å². The number of fused-ring (bicyclic) bond motifs is 1. The molecule has 16 heavy (non-hydrogen) atoms. The molecule has 0 aromatic carbocycles. The van der Waals surface area contributed by atoms with Crippen LogP contribution < -0.4 is 0 Å². The topological polar surface area (TPSA) is 72.1 Å². The minimum Gasteiger partial charge on any atom is -0.464 e. The first-order chi connectivity index (χ1) is 7.63. The Morgan fingerprint density at radius 1 is 1.38 bits per heavy atom. The first kappa shape index (κ1) is 10.4. The maximum atomic E-state index is 11.3. The number of ketones is 1. The van der Waals surface area contributed by atoms with Gasteiger partial charge in [0.15, 0.2) is 11.5 Å². The number of pyridine rings is 1. The largest absolute Gasteiger partial charge is 0.464 e. The van der Waals surface area contributed by atoms with Gasteiger partial charge in [0, 0.05) is 17.1 Å². The molecule has 82 valence electrons. The summed E-state index contributed by atoms with van der Waals surface area (Å²) in [5.74, 6) is -0.542. The van der Waals surface area contributed by atoms with Crippen LogP contribution >= 0.6 is 0 Å². The Bertz CT molecular complexity index is 572. The number of H-pyrrole nitrogens is 1. The van der Waals surface area contributed by atoms with Crippen molar-refractivity contribution in [2.45, 2.75) is 6.92 Å². The van der Waals surface area contributed by atoms with Gasteiger partial charge in [-0.1, -0.05) is 0 Å². The monoisotopic (exact) mass is 218 g/mol. The molecule has 0 unspecified atom stereocenters. The standard InChI is InChI=1S/C11H10N2O3/c1-6(14)8-5-12-10-7(8)3-4-9(13-10)11(15)16-2/h3-5H,1-2H3,(H,12,13). The maximum Gasteiger partial charge on any atom is 0.356 e. The Labute approximate surface area is 91.4 Å². The molecule has 0 amide bonds. The zero-order valence-corrected chi connectivity index (χ0v) is 8.90. The zero-order valence-electron chi connectivity index (χ0n) is 8.90. The lowest BCUT2D eigenvalue weighted by Crippen LogP contribution is -2.03. The number of Topliss-reactive ketones (excluding diaryl/α,β-unsaturated/α-hetero) is 1. The van der Waals surface area contributed by atoms with Crippen LogP contribution in [0.2, 0.25) is 0 Å². The first-order valence-corrected chi connectivity index (χ1v) is 4.71. The fourth-order valence-corrected chi connectivity index (χ4v) is 1.51. The number of hydrogen-bond donors (Lipinski definition) is 1. The molecule has 0 fully saturated rings. The lowest BCUT2D eigenvalue weighted by molar-refractivity contribution is 0.0594. The van der Waals surface area contributed by atoms with E-state index in [9.17, 15) is 9.59 Å².